The van der Waals surface area contributed by atoms with E-state index in [1.165, 1.54) is 25.3 Å². The van der Waals surface area contributed by atoms with E-state index < -0.39 is 16.1 Å². The molecule has 25 heavy (non-hydrogen) atoms. The minimum absolute atomic E-state index is 0.0176. The van der Waals surface area contributed by atoms with Crippen molar-refractivity contribution in [1.82, 2.24) is 9.71 Å². The fourth-order valence-corrected chi connectivity index (χ4v) is 3.01. The van der Waals surface area contributed by atoms with Crippen molar-refractivity contribution < 1.29 is 22.7 Å². The zero-order valence-corrected chi connectivity index (χ0v) is 14.7. The largest absolute Gasteiger partial charge is 0.495 e. The summed E-state index contributed by atoms with van der Waals surface area (Å²) in [5.74, 6) is 0.316. The van der Waals surface area contributed by atoms with Gasteiger partial charge in [0.1, 0.15) is 5.75 Å². The van der Waals surface area contributed by atoms with E-state index in [1.807, 2.05) is 0 Å². The van der Waals surface area contributed by atoms with Gasteiger partial charge in [0, 0.05) is 6.20 Å². The van der Waals surface area contributed by atoms with Crippen molar-refractivity contribution in [2.45, 2.75) is 18.4 Å². The van der Waals surface area contributed by atoms with Crippen molar-refractivity contribution in [2.24, 2.45) is 0 Å². The molecule has 0 atom stereocenters. The standard InChI is InChI=1S/C16H19N3O5S/c1-3-24-16(20)19-14-10-13(7-8-15(14)23-2)25(21,22)18-11-12-6-4-5-9-17-12/h4-10,18H,3,11H2,1-2H3,(H,19,20). The maximum absolute atomic E-state index is 12.4. The van der Waals surface area contributed by atoms with Gasteiger partial charge in [-0.2, -0.15) is 0 Å². The van der Waals surface area contributed by atoms with E-state index in [1.54, 1.807) is 31.3 Å². The summed E-state index contributed by atoms with van der Waals surface area (Å²) in [7, 11) is -2.38. The number of hydrogen-bond acceptors (Lipinski definition) is 6. The first kappa shape index (κ1) is 18.7. The minimum Gasteiger partial charge on any atom is -0.495 e. The van der Waals surface area contributed by atoms with E-state index >= 15 is 0 Å². The van der Waals surface area contributed by atoms with Gasteiger partial charge in [-0.15, -0.1) is 0 Å². The molecule has 0 unspecified atom stereocenters. The second kappa shape index (κ2) is 8.45. The van der Waals surface area contributed by atoms with Gasteiger partial charge in [-0.05, 0) is 37.3 Å². The highest BCUT2D eigenvalue weighted by molar-refractivity contribution is 7.89. The summed E-state index contributed by atoms with van der Waals surface area (Å²) in [6, 6.07) is 9.37. The molecule has 0 aliphatic rings. The number of aromatic nitrogens is 1. The summed E-state index contributed by atoms with van der Waals surface area (Å²) in [4.78, 5) is 15.6. The van der Waals surface area contributed by atoms with Crippen LogP contribution in [-0.4, -0.2) is 33.2 Å². The molecule has 1 aromatic heterocycles. The number of nitrogens with zero attached hydrogens (tertiary/aromatic N) is 1. The molecule has 134 valence electrons. The van der Waals surface area contributed by atoms with Gasteiger partial charge < -0.3 is 9.47 Å². The fourth-order valence-electron chi connectivity index (χ4n) is 1.98. The molecule has 0 spiro atoms. The van der Waals surface area contributed by atoms with E-state index in [9.17, 15) is 13.2 Å². The molecule has 1 aromatic carbocycles. The predicted octanol–water partition coefficient (Wildman–Crippen LogP) is 2.14. The third kappa shape index (κ3) is 5.16. The molecule has 1 amide bonds. The van der Waals surface area contributed by atoms with Gasteiger partial charge >= 0.3 is 6.09 Å². The number of ether oxygens (including phenoxy) is 2. The topological polar surface area (TPSA) is 107 Å². The maximum Gasteiger partial charge on any atom is 0.411 e. The van der Waals surface area contributed by atoms with Gasteiger partial charge in [0.25, 0.3) is 0 Å². The molecule has 0 saturated heterocycles. The number of anilines is 1. The van der Waals surface area contributed by atoms with Crippen molar-refractivity contribution in [1.29, 1.82) is 0 Å². The van der Waals surface area contributed by atoms with Crippen molar-refractivity contribution in [3.05, 3.63) is 48.3 Å². The molecule has 8 nitrogen and oxygen atoms in total. The first-order valence-corrected chi connectivity index (χ1v) is 8.96. The lowest BCUT2D eigenvalue weighted by Gasteiger charge is -2.12. The van der Waals surface area contributed by atoms with Crippen LogP contribution < -0.4 is 14.8 Å². The van der Waals surface area contributed by atoms with E-state index in [0.717, 1.165) is 0 Å². The van der Waals surface area contributed by atoms with E-state index in [4.69, 9.17) is 9.47 Å². The second-order valence-corrected chi connectivity index (χ2v) is 6.62. The highest BCUT2D eigenvalue weighted by atomic mass is 32.2. The first-order valence-electron chi connectivity index (χ1n) is 7.47. The Kier molecular flexibility index (Phi) is 6.31. The van der Waals surface area contributed by atoms with Crippen LogP contribution in [0.3, 0.4) is 0 Å². The molecule has 0 saturated carbocycles. The van der Waals surface area contributed by atoms with Crippen LogP contribution in [0.1, 0.15) is 12.6 Å². The molecule has 0 radical (unpaired) electrons. The van der Waals surface area contributed by atoms with Crippen LogP contribution in [0.5, 0.6) is 5.75 Å². The quantitative estimate of drug-likeness (QED) is 0.778. The summed E-state index contributed by atoms with van der Waals surface area (Å²) in [6.45, 7) is 1.91. The van der Waals surface area contributed by atoms with Crippen LogP contribution in [0.2, 0.25) is 0 Å². The molecular formula is C16H19N3O5S. The number of benzene rings is 1. The Morgan fingerprint density at radius 3 is 2.68 bits per heavy atom. The average molecular weight is 365 g/mol. The fraction of sp³-hybridized carbons (Fsp3) is 0.250. The third-order valence-corrected chi connectivity index (χ3v) is 4.56. The lowest BCUT2D eigenvalue weighted by Crippen LogP contribution is -2.24. The predicted molar refractivity (Wildman–Crippen MR) is 91.9 cm³/mol. The zero-order chi connectivity index (χ0) is 18.3. The van der Waals surface area contributed by atoms with E-state index in [2.05, 4.69) is 15.0 Å². The third-order valence-electron chi connectivity index (χ3n) is 3.16. The Morgan fingerprint density at radius 2 is 2.04 bits per heavy atom. The lowest BCUT2D eigenvalue weighted by molar-refractivity contribution is 0.168. The van der Waals surface area contributed by atoms with Crippen molar-refractivity contribution in [2.75, 3.05) is 19.0 Å². The highest BCUT2D eigenvalue weighted by Gasteiger charge is 2.18. The summed E-state index contributed by atoms with van der Waals surface area (Å²) in [5.41, 5.74) is 0.783. The molecule has 2 rings (SSSR count). The number of rotatable bonds is 7. The molecule has 0 aliphatic carbocycles. The van der Waals surface area contributed by atoms with Gasteiger partial charge in [0.2, 0.25) is 10.0 Å². The van der Waals surface area contributed by atoms with E-state index in [-0.39, 0.29) is 23.7 Å². The van der Waals surface area contributed by atoms with Gasteiger partial charge in [-0.1, -0.05) is 6.07 Å². The molecule has 1 heterocycles. The molecule has 2 aromatic rings. The van der Waals surface area contributed by atoms with Crippen LogP contribution in [0.25, 0.3) is 0 Å². The number of amides is 1. The van der Waals surface area contributed by atoms with Gasteiger partial charge in [0.05, 0.1) is 36.5 Å². The molecule has 9 heteroatoms. The Hall–Kier alpha value is -2.65. The van der Waals surface area contributed by atoms with Crippen molar-refractivity contribution in [3.63, 3.8) is 0 Å². The van der Waals surface area contributed by atoms with Gasteiger partial charge in [0.15, 0.2) is 0 Å². The minimum atomic E-state index is -3.79. The van der Waals surface area contributed by atoms with Crippen LogP contribution in [0, 0.1) is 0 Å². The Balaban J connectivity index is 2.20. The monoisotopic (exact) mass is 365 g/mol. The van der Waals surface area contributed by atoms with Crippen molar-refractivity contribution in [3.8, 4) is 5.75 Å². The molecular weight excluding hydrogens is 346 g/mol. The molecule has 0 aliphatic heterocycles. The molecule has 0 fully saturated rings. The van der Waals surface area contributed by atoms with Gasteiger partial charge in [-0.25, -0.2) is 17.9 Å². The van der Waals surface area contributed by atoms with Crippen LogP contribution in [0.15, 0.2) is 47.5 Å². The molecule has 2 N–H and O–H groups in total. The summed E-state index contributed by atoms with van der Waals surface area (Å²) in [5, 5.41) is 2.46. The Labute approximate surface area is 146 Å². The highest BCUT2D eigenvalue weighted by Crippen LogP contribution is 2.27. The van der Waals surface area contributed by atoms with Crippen LogP contribution >= 0.6 is 0 Å². The SMILES string of the molecule is CCOC(=O)Nc1cc(S(=O)(=O)NCc2ccccn2)ccc1OC. The number of methoxy groups -OCH3 is 1. The van der Waals surface area contributed by atoms with Crippen LogP contribution in [-0.2, 0) is 21.3 Å². The molecule has 0 bridgehead atoms. The smallest absolute Gasteiger partial charge is 0.411 e. The summed E-state index contributed by atoms with van der Waals surface area (Å²) in [6.07, 6.45) is 0.884. The number of carbonyl (C=O) groups excluding carboxylic acids is 1. The first-order chi connectivity index (χ1) is 12.0. The summed E-state index contributed by atoms with van der Waals surface area (Å²) >= 11 is 0. The second-order valence-electron chi connectivity index (χ2n) is 4.85. The van der Waals surface area contributed by atoms with E-state index in [0.29, 0.717) is 11.4 Å². The Bertz CT molecular complexity index is 825. The number of carbonyl (C=O) groups is 1. The maximum atomic E-state index is 12.4. The lowest BCUT2D eigenvalue weighted by atomic mass is 10.3. The number of hydrogen-bond donors (Lipinski definition) is 2. The Morgan fingerprint density at radius 1 is 1.24 bits per heavy atom. The normalized spacial score (nSPS) is 11.0. The summed E-state index contributed by atoms with van der Waals surface area (Å²) < 4.78 is 37.3. The number of sulfonamides is 1. The zero-order valence-electron chi connectivity index (χ0n) is 13.9. The van der Waals surface area contributed by atoms with Gasteiger partial charge in [-0.3, -0.25) is 10.3 Å². The van der Waals surface area contributed by atoms with Crippen LogP contribution in [0.4, 0.5) is 10.5 Å². The van der Waals surface area contributed by atoms with Crippen molar-refractivity contribution >= 4 is 21.8 Å². The number of nitrogens with one attached hydrogen (secondary N) is 2. The average Bonchev–Trinajstić information content (AvgIpc) is 2.61. The number of pyridine rings is 1.